The lowest BCUT2D eigenvalue weighted by atomic mass is 9.77. The van der Waals surface area contributed by atoms with Crippen LogP contribution in [0.3, 0.4) is 0 Å². The van der Waals surface area contributed by atoms with Gasteiger partial charge in [-0.05, 0) is 94.8 Å². The fourth-order valence-electron chi connectivity index (χ4n) is 8.74. The monoisotopic (exact) mass is 749 g/mol. The summed E-state index contributed by atoms with van der Waals surface area (Å²) in [5, 5.41) is 58.1. The molecule has 3 fully saturated rings. The number of esters is 1. The van der Waals surface area contributed by atoms with Crippen molar-refractivity contribution in [1.82, 2.24) is 9.80 Å². The number of rotatable bonds is 7. The molecule has 3 heterocycles. The molecule has 3 aliphatic rings. The van der Waals surface area contributed by atoms with E-state index in [1.165, 1.54) is 14.0 Å². The average Bonchev–Trinajstić information content (AvgIpc) is 3.05. The summed E-state index contributed by atoms with van der Waals surface area (Å²) in [4.78, 5) is 18.0. The molecular formula is C38H72N2O12. The van der Waals surface area contributed by atoms with E-state index in [2.05, 4.69) is 0 Å². The first-order chi connectivity index (χ1) is 23.9. The number of aliphatic hydroxyl groups excluding tert-OH is 3. The van der Waals surface area contributed by atoms with E-state index in [-0.39, 0.29) is 37.3 Å². The number of carbonyl (C=O) groups excluding carboxylic acids is 1. The Morgan fingerprint density at radius 3 is 2.12 bits per heavy atom. The van der Waals surface area contributed by atoms with E-state index in [1.807, 2.05) is 51.7 Å². The van der Waals surface area contributed by atoms with Gasteiger partial charge in [-0.15, -0.1) is 0 Å². The molecule has 3 aliphatic heterocycles. The molecule has 18 atom stereocenters. The van der Waals surface area contributed by atoms with Gasteiger partial charge < -0.3 is 63.8 Å². The number of carbonyl (C=O) groups is 1. The summed E-state index contributed by atoms with van der Waals surface area (Å²) in [5.74, 6) is -2.58. The Labute approximate surface area is 312 Å². The Morgan fingerprint density at radius 2 is 1.56 bits per heavy atom. The molecule has 0 radical (unpaired) electrons. The maximum absolute atomic E-state index is 14.2. The van der Waals surface area contributed by atoms with Crippen LogP contribution >= 0.6 is 0 Å². The van der Waals surface area contributed by atoms with Gasteiger partial charge in [0.25, 0.3) is 0 Å². The van der Waals surface area contributed by atoms with Gasteiger partial charge in [0.15, 0.2) is 12.6 Å². The number of hydrogen-bond acceptors (Lipinski definition) is 14. The molecule has 0 spiro atoms. The van der Waals surface area contributed by atoms with Gasteiger partial charge in [-0.1, -0.05) is 20.8 Å². The molecule has 0 bridgehead atoms. The highest BCUT2D eigenvalue weighted by molar-refractivity contribution is 5.73. The van der Waals surface area contributed by atoms with E-state index < -0.39 is 96.0 Å². The van der Waals surface area contributed by atoms with Crippen LogP contribution in [0.2, 0.25) is 0 Å². The quantitative estimate of drug-likeness (QED) is 0.238. The zero-order chi connectivity index (χ0) is 39.7. The minimum atomic E-state index is -1.80. The molecule has 0 aromatic carbocycles. The molecule has 52 heavy (non-hydrogen) atoms. The molecule has 14 nitrogen and oxygen atoms in total. The second kappa shape index (κ2) is 17.8. The van der Waals surface area contributed by atoms with Crippen molar-refractivity contribution in [2.24, 2.45) is 17.8 Å². The second-order valence-corrected chi connectivity index (χ2v) is 17.2. The summed E-state index contributed by atoms with van der Waals surface area (Å²) in [7, 11) is 7.12. The van der Waals surface area contributed by atoms with Crippen LogP contribution in [-0.2, 0) is 33.2 Å². The standard InChI is InChI=1S/C38H72N2O12/c1-15-27-38(10,46)31(42)24(6)40(13)19-20(2)17-36(8,45)33(52-35-29(41)26(39(11)12)16-21(3)48-35)22(4)30(23(5)34(44)50-27)51-28-18-37(9,47-14)32(43)25(7)49-28/h20-33,35,41-43,45-46H,15-19H2,1-14H3/t20-,21-,22-,23-,24-,25-,26+,27+,28-,29-,30+,31-,32-,33-,35+,36-,37+,38-/m1/s1. The molecule has 0 aliphatic carbocycles. The van der Waals surface area contributed by atoms with Crippen LogP contribution in [-0.4, -0.2) is 166 Å². The van der Waals surface area contributed by atoms with E-state index in [0.29, 0.717) is 13.0 Å². The third-order valence-electron chi connectivity index (χ3n) is 12.2. The molecule has 0 unspecified atom stereocenters. The predicted octanol–water partition coefficient (Wildman–Crippen LogP) is 1.90. The Bertz CT molecular complexity index is 1140. The summed E-state index contributed by atoms with van der Waals surface area (Å²) >= 11 is 0. The van der Waals surface area contributed by atoms with Crippen molar-refractivity contribution in [2.45, 2.75) is 185 Å². The first-order valence-corrected chi connectivity index (χ1v) is 19.1. The number of aliphatic hydroxyl groups is 5. The van der Waals surface area contributed by atoms with Crippen LogP contribution in [0.25, 0.3) is 0 Å². The lowest BCUT2D eigenvalue weighted by Gasteiger charge is -2.48. The largest absolute Gasteiger partial charge is 0.459 e. The van der Waals surface area contributed by atoms with Crippen molar-refractivity contribution < 1.29 is 58.7 Å². The van der Waals surface area contributed by atoms with Crippen molar-refractivity contribution in [3.05, 3.63) is 0 Å². The summed E-state index contributed by atoms with van der Waals surface area (Å²) in [6.45, 7) is 18.0. The van der Waals surface area contributed by atoms with Crippen LogP contribution in [0.5, 0.6) is 0 Å². The van der Waals surface area contributed by atoms with Crippen molar-refractivity contribution in [3.8, 4) is 0 Å². The van der Waals surface area contributed by atoms with Crippen molar-refractivity contribution >= 4 is 5.97 Å². The van der Waals surface area contributed by atoms with Crippen molar-refractivity contribution in [1.29, 1.82) is 0 Å². The number of ether oxygens (including phenoxy) is 6. The third kappa shape index (κ3) is 10.0. The van der Waals surface area contributed by atoms with Gasteiger partial charge in [0.2, 0.25) is 0 Å². The minimum Gasteiger partial charge on any atom is -0.459 e. The van der Waals surface area contributed by atoms with Crippen LogP contribution in [0.1, 0.15) is 94.9 Å². The molecule has 0 aromatic rings. The van der Waals surface area contributed by atoms with Crippen molar-refractivity contribution in [2.75, 3.05) is 34.8 Å². The minimum absolute atomic E-state index is 0.133. The third-order valence-corrected chi connectivity index (χ3v) is 12.2. The van der Waals surface area contributed by atoms with Crippen LogP contribution < -0.4 is 0 Å². The number of methoxy groups -OCH3 is 1. The molecule has 14 heteroatoms. The van der Waals surface area contributed by atoms with Gasteiger partial charge in [0.1, 0.15) is 30.0 Å². The SMILES string of the molecule is CC[C@@H]1OC(=O)[C@H](C)[C@@H](O[C@@H]2C[C@](C)(OC)[C@H](O)[C@@H](C)O2)[C@@H](C)[C@@H](O[C@@H]2O[C@H](C)C[C@H](N(C)C)[C@H]2O)[C@](C)(O)C[C@@H](C)CN(C)[C@H](C)[C@@H](O)[C@]1(C)O. The van der Waals surface area contributed by atoms with Crippen LogP contribution in [0, 0.1) is 17.8 Å². The average molecular weight is 749 g/mol. The van der Waals surface area contributed by atoms with Gasteiger partial charge in [0.05, 0.1) is 41.5 Å². The highest BCUT2D eigenvalue weighted by atomic mass is 16.7. The predicted molar refractivity (Wildman–Crippen MR) is 194 cm³/mol. The number of cyclic esters (lactones) is 1. The lowest BCUT2D eigenvalue weighted by Crippen LogP contribution is -2.60. The maximum atomic E-state index is 14.2. The topological polar surface area (TPSA) is 180 Å². The first kappa shape index (κ1) is 45.4. The van der Waals surface area contributed by atoms with Crippen LogP contribution in [0.4, 0.5) is 0 Å². The maximum Gasteiger partial charge on any atom is 0.311 e. The Morgan fingerprint density at radius 1 is 0.942 bits per heavy atom. The second-order valence-electron chi connectivity index (χ2n) is 17.2. The molecule has 0 amide bonds. The van der Waals surface area contributed by atoms with E-state index >= 15 is 0 Å². The fourth-order valence-corrected chi connectivity index (χ4v) is 8.74. The lowest BCUT2D eigenvalue weighted by molar-refractivity contribution is -0.318. The normalized spacial score (nSPS) is 49.6. The van der Waals surface area contributed by atoms with Gasteiger partial charge in [-0.2, -0.15) is 0 Å². The zero-order valence-electron chi connectivity index (χ0n) is 34.2. The molecule has 3 saturated heterocycles. The number of likely N-dealkylation sites (N-methyl/N-ethyl adjacent to an activating group) is 2. The highest BCUT2D eigenvalue weighted by Gasteiger charge is 2.52. The summed E-state index contributed by atoms with van der Waals surface area (Å²) in [6, 6.07) is -0.808. The molecule has 0 aromatic heterocycles. The molecule has 306 valence electrons. The molecule has 5 N–H and O–H groups in total. The van der Waals surface area contributed by atoms with E-state index in [9.17, 15) is 30.3 Å². The number of nitrogens with zero attached hydrogens (tertiary/aromatic N) is 2. The van der Waals surface area contributed by atoms with Gasteiger partial charge >= 0.3 is 5.97 Å². The van der Waals surface area contributed by atoms with E-state index in [1.54, 1.807) is 41.5 Å². The summed E-state index contributed by atoms with van der Waals surface area (Å²) in [5.41, 5.74) is -4.37. The van der Waals surface area contributed by atoms with E-state index in [0.717, 1.165) is 0 Å². The number of hydrogen-bond donors (Lipinski definition) is 5. The highest BCUT2D eigenvalue weighted by Crippen LogP contribution is 2.40. The first-order valence-electron chi connectivity index (χ1n) is 19.1. The molecular weight excluding hydrogens is 676 g/mol. The van der Waals surface area contributed by atoms with Crippen molar-refractivity contribution in [3.63, 3.8) is 0 Å². The van der Waals surface area contributed by atoms with Crippen LogP contribution in [0.15, 0.2) is 0 Å². The van der Waals surface area contributed by atoms with Gasteiger partial charge in [0, 0.05) is 38.1 Å². The van der Waals surface area contributed by atoms with E-state index in [4.69, 9.17) is 28.4 Å². The Balaban J connectivity index is 2.17. The smallest absolute Gasteiger partial charge is 0.311 e. The summed E-state index contributed by atoms with van der Waals surface area (Å²) < 4.78 is 37.5. The Hall–Kier alpha value is -1.01. The summed E-state index contributed by atoms with van der Waals surface area (Å²) in [6.07, 6.45) is -8.19. The van der Waals surface area contributed by atoms with Gasteiger partial charge in [-0.25, -0.2) is 0 Å². The molecule has 3 rings (SSSR count). The Kier molecular flexibility index (Phi) is 15.6. The van der Waals surface area contributed by atoms with Gasteiger partial charge in [-0.3, -0.25) is 4.79 Å². The fraction of sp³-hybridized carbons (Fsp3) is 0.974. The molecule has 0 saturated carbocycles. The zero-order valence-corrected chi connectivity index (χ0v) is 34.2.